The van der Waals surface area contributed by atoms with Crippen molar-refractivity contribution in [1.29, 1.82) is 0 Å². The molecule has 0 aromatic carbocycles. The van der Waals surface area contributed by atoms with Gasteiger partial charge in [0.1, 0.15) is 5.82 Å². The maximum atomic E-state index is 11.3. The molecule has 1 aromatic heterocycles. The Bertz CT molecular complexity index is 458. The van der Waals surface area contributed by atoms with Crippen molar-refractivity contribution in [1.82, 2.24) is 4.98 Å². The van der Waals surface area contributed by atoms with Crippen LogP contribution in [0.2, 0.25) is 0 Å². The van der Waals surface area contributed by atoms with Gasteiger partial charge in [0.05, 0.1) is 12.0 Å². The normalized spacial score (nSPS) is 10.0. The number of rotatable bonds is 5. The molecule has 6 heteroatoms. The molecule has 17 heavy (non-hydrogen) atoms. The molecule has 4 N–H and O–H groups in total. The Morgan fingerprint density at radius 3 is 2.65 bits per heavy atom. The monoisotopic (exact) mass is 237 g/mol. The maximum absolute atomic E-state index is 11.3. The van der Waals surface area contributed by atoms with Gasteiger partial charge in [-0.15, -0.1) is 0 Å². The second-order valence-corrected chi connectivity index (χ2v) is 3.74. The molecule has 0 saturated carbocycles. The summed E-state index contributed by atoms with van der Waals surface area (Å²) < 4.78 is 0. The minimum absolute atomic E-state index is 0.0487. The van der Waals surface area contributed by atoms with Crippen LogP contribution in [0.1, 0.15) is 28.0 Å². The van der Waals surface area contributed by atoms with Crippen LogP contribution in [-0.2, 0) is 4.79 Å². The van der Waals surface area contributed by atoms with Crippen molar-refractivity contribution in [2.24, 2.45) is 5.73 Å². The number of hydrogen-bond acceptors (Lipinski definition) is 4. The topological polar surface area (TPSA) is 105 Å². The molecule has 6 nitrogen and oxygen atoms in total. The molecule has 1 aromatic rings. The molecule has 0 fully saturated rings. The van der Waals surface area contributed by atoms with Crippen molar-refractivity contribution in [3.05, 3.63) is 22.9 Å². The lowest BCUT2D eigenvalue weighted by atomic mass is 10.1. The number of nitrogens with zero attached hydrogens (tertiary/aromatic N) is 1. The first-order valence-electron chi connectivity index (χ1n) is 5.15. The molecule has 1 heterocycles. The van der Waals surface area contributed by atoms with E-state index in [1.165, 1.54) is 0 Å². The molecule has 0 radical (unpaired) electrons. The first-order valence-corrected chi connectivity index (χ1v) is 5.15. The van der Waals surface area contributed by atoms with Crippen LogP contribution in [0.25, 0.3) is 0 Å². The highest BCUT2D eigenvalue weighted by Gasteiger charge is 2.13. The smallest absolute Gasteiger partial charge is 0.305 e. The summed E-state index contributed by atoms with van der Waals surface area (Å²) in [6, 6.07) is 1.75. The van der Waals surface area contributed by atoms with E-state index >= 15 is 0 Å². The first kappa shape index (κ1) is 13.0. The molecule has 0 atom stereocenters. The number of anilines is 1. The highest BCUT2D eigenvalue weighted by molar-refractivity contribution is 5.99. The fourth-order valence-corrected chi connectivity index (χ4v) is 1.56. The minimum atomic E-state index is -0.914. The largest absolute Gasteiger partial charge is 0.481 e. The Labute approximate surface area is 98.8 Å². The summed E-state index contributed by atoms with van der Waals surface area (Å²) in [6.45, 7) is 3.75. The molecule has 92 valence electrons. The third-order valence-corrected chi connectivity index (χ3v) is 2.22. The quantitative estimate of drug-likeness (QED) is 0.698. The van der Waals surface area contributed by atoms with Crippen molar-refractivity contribution in [3.63, 3.8) is 0 Å². The van der Waals surface area contributed by atoms with Gasteiger partial charge < -0.3 is 16.2 Å². The van der Waals surface area contributed by atoms with Gasteiger partial charge in [0.25, 0.3) is 5.91 Å². The van der Waals surface area contributed by atoms with E-state index in [-0.39, 0.29) is 13.0 Å². The predicted octanol–water partition coefficient (Wildman–Crippen LogP) is 0.684. The Kier molecular flexibility index (Phi) is 4.03. The molecule has 0 aliphatic rings. The molecule has 0 saturated heterocycles. The van der Waals surface area contributed by atoms with Crippen LogP contribution in [0.5, 0.6) is 0 Å². The van der Waals surface area contributed by atoms with Crippen LogP contribution in [0.3, 0.4) is 0 Å². The number of amides is 1. The molecule has 0 unspecified atom stereocenters. The van der Waals surface area contributed by atoms with Gasteiger partial charge >= 0.3 is 5.97 Å². The fourth-order valence-electron chi connectivity index (χ4n) is 1.56. The second kappa shape index (κ2) is 5.29. The third kappa shape index (κ3) is 3.44. The van der Waals surface area contributed by atoms with Crippen LogP contribution < -0.4 is 11.1 Å². The van der Waals surface area contributed by atoms with Crippen molar-refractivity contribution >= 4 is 17.7 Å². The number of primary amides is 1. The van der Waals surface area contributed by atoms with Crippen LogP contribution >= 0.6 is 0 Å². The van der Waals surface area contributed by atoms with E-state index in [1.807, 2.05) is 0 Å². The summed E-state index contributed by atoms with van der Waals surface area (Å²) in [7, 11) is 0. The lowest BCUT2D eigenvalue weighted by Crippen LogP contribution is -2.19. The lowest BCUT2D eigenvalue weighted by Gasteiger charge is -2.11. The van der Waals surface area contributed by atoms with E-state index in [2.05, 4.69) is 10.3 Å². The molecule has 1 rings (SSSR count). The fraction of sp³-hybridized carbons (Fsp3) is 0.364. The van der Waals surface area contributed by atoms with E-state index in [1.54, 1.807) is 19.9 Å². The summed E-state index contributed by atoms with van der Waals surface area (Å²) in [5, 5.41) is 11.3. The maximum Gasteiger partial charge on any atom is 0.305 e. The van der Waals surface area contributed by atoms with Gasteiger partial charge in [0.2, 0.25) is 0 Å². The minimum Gasteiger partial charge on any atom is -0.481 e. The average Bonchev–Trinajstić information content (AvgIpc) is 2.14. The van der Waals surface area contributed by atoms with E-state index in [0.717, 1.165) is 11.3 Å². The third-order valence-electron chi connectivity index (χ3n) is 2.22. The van der Waals surface area contributed by atoms with Gasteiger partial charge in [-0.25, -0.2) is 4.98 Å². The van der Waals surface area contributed by atoms with Gasteiger partial charge in [-0.1, -0.05) is 0 Å². The first-order chi connectivity index (χ1) is 7.91. The van der Waals surface area contributed by atoms with Crippen molar-refractivity contribution in [2.75, 3.05) is 11.9 Å². The number of carbonyl (C=O) groups excluding carboxylic acids is 1. The summed E-state index contributed by atoms with van der Waals surface area (Å²) in [6.07, 6.45) is -0.0487. The highest BCUT2D eigenvalue weighted by Crippen LogP contribution is 2.17. The number of nitrogens with two attached hydrogens (primary N) is 1. The van der Waals surface area contributed by atoms with E-state index in [0.29, 0.717) is 11.4 Å². The zero-order valence-electron chi connectivity index (χ0n) is 9.78. The molecule has 1 amide bonds. The molecular formula is C11H15N3O3. The lowest BCUT2D eigenvalue weighted by molar-refractivity contribution is -0.136. The van der Waals surface area contributed by atoms with Crippen LogP contribution in [0.15, 0.2) is 6.07 Å². The Morgan fingerprint density at radius 2 is 2.12 bits per heavy atom. The number of aliphatic carboxylic acids is 1. The van der Waals surface area contributed by atoms with E-state index in [9.17, 15) is 9.59 Å². The van der Waals surface area contributed by atoms with Crippen LogP contribution in [0.4, 0.5) is 5.82 Å². The van der Waals surface area contributed by atoms with Gasteiger partial charge in [0, 0.05) is 12.2 Å². The van der Waals surface area contributed by atoms with Crippen molar-refractivity contribution in [2.45, 2.75) is 20.3 Å². The molecular weight excluding hydrogens is 222 g/mol. The number of hydrogen-bond donors (Lipinski definition) is 3. The number of carboxylic acids is 1. The van der Waals surface area contributed by atoms with Crippen molar-refractivity contribution in [3.8, 4) is 0 Å². The van der Waals surface area contributed by atoms with Gasteiger partial charge in [-0.2, -0.15) is 0 Å². The SMILES string of the molecule is Cc1cc(C)c(C(N)=O)c(NCCC(=O)O)n1. The number of aromatic nitrogens is 1. The summed E-state index contributed by atoms with van der Waals surface area (Å²) in [5.74, 6) is -1.15. The zero-order valence-corrected chi connectivity index (χ0v) is 9.78. The van der Waals surface area contributed by atoms with Gasteiger partial charge in [0.15, 0.2) is 0 Å². The summed E-state index contributed by atoms with van der Waals surface area (Å²) in [5.41, 5.74) is 7.03. The number of nitrogens with one attached hydrogen (secondary N) is 1. The summed E-state index contributed by atoms with van der Waals surface area (Å²) in [4.78, 5) is 25.8. The Morgan fingerprint density at radius 1 is 1.47 bits per heavy atom. The van der Waals surface area contributed by atoms with E-state index < -0.39 is 11.9 Å². The summed E-state index contributed by atoms with van der Waals surface area (Å²) >= 11 is 0. The van der Waals surface area contributed by atoms with Gasteiger partial charge in [-0.05, 0) is 25.5 Å². The van der Waals surface area contributed by atoms with Crippen molar-refractivity contribution < 1.29 is 14.7 Å². The van der Waals surface area contributed by atoms with Crippen LogP contribution in [-0.4, -0.2) is 28.5 Å². The molecule has 0 aliphatic heterocycles. The Balaban J connectivity index is 2.96. The van der Waals surface area contributed by atoms with Crippen LogP contribution in [0, 0.1) is 13.8 Å². The number of carbonyl (C=O) groups is 2. The van der Waals surface area contributed by atoms with E-state index in [4.69, 9.17) is 10.8 Å². The van der Waals surface area contributed by atoms with Gasteiger partial charge in [-0.3, -0.25) is 9.59 Å². The highest BCUT2D eigenvalue weighted by atomic mass is 16.4. The Hall–Kier alpha value is -2.11. The number of carboxylic acid groups (broad SMARTS) is 1. The molecule has 0 aliphatic carbocycles. The number of aryl methyl sites for hydroxylation is 2. The number of pyridine rings is 1. The average molecular weight is 237 g/mol. The molecule has 0 bridgehead atoms. The standard InChI is InChI=1S/C11H15N3O3/c1-6-5-7(2)14-11(9(6)10(12)17)13-4-3-8(15)16/h5H,3-4H2,1-2H3,(H2,12,17)(H,13,14)(H,15,16). The zero-order chi connectivity index (χ0) is 13.0. The predicted molar refractivity (Wildman–Crippen MR) is 63.0 cm³/mol. The molecule has 0 spiro atoms. The second-order valence-electron chi connectivity index (χ2n) is 3.74.